The Morgan fingerprint density at radius 3 is 2.70 bits per heavy atom. The molecular weight excluding hydrogens is 256 g/mol. The van der Waals surface area contributed by atoms with Gasteiger partial charge in [0.1, 0.15) is 6.04 Å². The predicted octanol–water partition coefficient (Wildman–Crippen LogP) is 1.76. The number of carbonyl (C=O) groups is 2. The summed E-state index contributed by atoms with van der Waals surface area (Å²) in [4.78, 5) is 27.1. The van der Waals surface area contributed by atoms with Crippen LogP contribution >= 0.6 is 0 Å². The van der Waals surface area contributed by atoms with Gasteiger partial charge in [0.2, 0.25) is 5.91 Å². The highest BCUT2D eigenvalue weighted by molar-refractivity contribution is 5.85. The van der Waals surface area contributed by atoms with Gasteiger partial charge < -0.3 is 10.4 Å². The second-order valence-corrected chi connectivity index (χ2v) is 4.54. The molecule has 0 saturated carbocycles. The molecule has 0 bridgehead atoms. The lowest BCUT2D eigenvalue weighted by molar-refractivity contribution is -0.141. The monoisotopic (exact) mass is 272 g/mol. The van der Waals surface area contributed by atoms with E-state index >= 15 is 0 Å². The van der Waals surface area contributed by atoms with E-state index in [4.69, 9.17) is 5.11 Å². The molecule has 20 heavy (non-hydrogen) atoms. The molecule has 1 atom stereocenters. The molecule has 1 aromatic carbocycles. The van der Waals surface area contributed by atoms with Crippen molar-refractivity contribution in [2.75, 3.05) is 0 Å². The van der Waals surface area contributed by atoms with E-state index in [1.807, 2.05) is 30.3 Å². The molecule has 2 aromatic rings. The number of hydrogen-bond donors (Lipinski definition) is 2. The van der Waals surface area contributed by atoms with Gasteiger partial charge in [0, 0.05) is 5.39 Å². The zero-order valence-electron chi connectivity index (χ0n) is 11.2. The normalized spacial score (nSPS) is 12.1. The summed E-state index contributed by atoms with van der Waals surface area (Å²) in [6, 6.07) is 10.5. The van der Waals surface area contributed by atoms with Crippen LogP contribution in [0.2, 0.25) is 0 Å². The van der Waals surface area contributed by atoms with Gasteiger partial charge in [0.15, 0.2) is 0 Å². The molecule has 5 heteroatoms. The molecule has 0 aliphatic rings. The highest BCUT2D eigenvalue weighted by atomic mass is 16.4. The molecule has 0 aliphatic heterocycles. The molecule has 2 N–H and O–H groups in total. The molecule has 0 radical (unpaired) electrons. The van der Waals surface area contributed by atoms with E-state index in [1.54, 1.807) is 13.0 Å². The summed E-state index contributed by atoms with van der Waals surface area (Å²) in [5.74, 6) is -1.35. The van der Waals surface area contributed by atoms with E-state index in [0.717, 1.165) is 10.9 Å². The summed E-state index contributed by atoms with van der Waals surface area (Å²) < 4.78 is 0. The number of amides is 1. The van der Waals surface area contributed by atoms with Gasteiger partial charge in [-0.1, -0.05) is 31.2 Å². The molecule has 1 amide bonds. The first-order valence-electron chi connectivity index (χ1n) is 6.47. The van der Waals surface area contributed by atoms with Crippen molar-refractivity contribution in [1.29, 1.82) is 0 Å². The van der Waals surface area contributed by atoms with Crippen molar-refractivity contribution < 1.29 is 14.7 Å². The summed E-state index contributed by atoms with van der Waals surface area (Å²) in [6.45, 7) is 1.72. The summed E-state index contributed by atoms with van der Waals surface area (Å²) in [5, 5.41) is 12.4. The first kappa shape index (κ1) is 14.0. The quantitative estimate of drug-likeness (QED) is 0.869. The molecule has 0 aliphatic carbocycles. The maximum Gasteiger partial charge on any atom is 0.326 e. The van der Waals surface area contributed by atoms with E-state index in [0.29, 0.717) is 12.1 Å². The Hall–Kier alpha value is -2.43. The number of hydrogen-bond acceptors (Lipinski definition) is 3. The lowest BCUT2D eigenvalue weighted by Crippen LogP contribution is -2.41. The van der Waals surface area contributed by atoms with E-state index in [-0.39, 0.29) is 12.3 Å². The first-order valence-corrected chi connectivity index (χ1v) is 6.47. The summed E-state index contributed by atoms with van der Waals surface area (Å²) >= 11 is 0. The van der Waals surface area contributed by atoms with Crippen LogP contribution in [0.5, 0.6) is 0 Å². The molecule has 0 fully saturated rings. The Kier molecular flexibility index (Phi) is 4.30. The van der Waals surface area contributed by atoms with Crippen LogP contribution in [0.25, 0.3) is 10.9 Å². The van der Waals surface area contributed by atoms with Gasteiger partial charge >= 0.3 is 5.97 Å². The van der Waals surface area contributed by atoms with Crippen molar-refractivity contribution in [2.45, 2.75) is 25.8 Å². The number of nitrogens with zero attached hydrogens (tertiary/aromatic N) is 1. The second-order valence-electron chi connectivity index (χ2n) is 4.54. The van der Waals surface area contributed by atoms with Crippen LogP contribution in [0.1, 0.15) is 19.0 Å². The number of carboxylic acid groups (broad SMARTS) is 1. The minimum Gasteiger partial charge on any atom is -0.480 e. The third kappa shape index (κ3) is 3.32. The number of carboxylic acids is 1. The zero-order valence-corrected chi connectivity index (χ0v) is 11.2. The average molecular weight is 272 g/mol. The summed E-state index contributed by atoms with van der Waals surface area (Å²) in [6.07, 6.45) is 0.431. The number of carbonyl (C=O) groups excluding carboxylic acids is 1. The molecule has 0 spiro atoms. The highest BCUT2D eigenvalue weighted by Gasteiger charge is 2.17. The highest BCUT2D eigenvalue weighted by Crippen LogP contribution is 2.12. The van der Waals surface area contributed by atoms with Crippen molar-refractivity contribution in [3.8, 4) is 0 Å². The van der Waals surface area contributed by atoms with Crippen LogP contribution in [-0.4, -0.2) is 28.0 Å². The number of nitrogens with one attached hydrogen (secondary N) is 1. The predicted molar refractivity (Wildman–Crippen MR) is 75.3 cm³/mol. The third-order valence-corrected chi connectivity index (χ3v) is 3.04. The van der Waals surface area contributed by atoms with Crippen LogP contribution in [-0.2, 0) is 16.0 Å². The zero-order chi connectivity index (χ0) is 14.5. The Morgan fingerprint density at radius 2 is 2.00 bits per heavy atom. The van der Waals surface area contributed by atoms with Gasteiger partial charge in [-0.2, -0.15) is 0 Å². The van der Waals surface area contributed by atoms with Gasteiger partial charge in [-0.15, -0.1) is 0 Å². The standard InChI is InChI=1S/C15H16N2O3/c1-2-12(15(19)20)17-14(18)9-11-8-7-10-5-3-4-6-13(10)16-11/h3-8,12H,2,9H2,1H3,(H,17,18)(H,19,20). The van der Waals surface area contributed by atoms with Gasteiger partial charge in [-0.25, -0.2) is 4.79 Å². The van der Waals surface area contributed by atoms with Crippen molar-refractivity contribution in [2.24, 2.45) is 0 Å². The van der Waals surface area contributed by atoms with Gasteiger partial charge in [-0.3, -0.25) is 9.78 Å². The topological polar surface area (TPSA) is 79.3 Å². The smallest absolute Gasteiger partial charge is 0.326 e. The fraction of sp³-hybridized carbons (Fsp3) is 0.267. The third-order valence-electron chi connectivity index (χ3n) is 3.04. The number of pyridine rings is 1. The number of aromatic nitrogens is 1. The van der Waals surface area contributed by atoms with E-state index in [2.05, 4.69) is 10.3 Å². The molecule has 1 aromatic heterocycles. The number of aliphatic carboxylic acids is 1. The fourth-order valence-electron chi connectivity index (χ4n) is 1.95. The van der Waals surface area contributed by atoms with Crippen LogP contribution in [0.3, 0.4) is 0 Å². The molecule has 1 unspecified atom stereocenters. The fourth-order valence-corrected chi connectivity index (χ4v) is 1.95. The van der Waals surface area contributed by atoms with Crippen molar-refractivity contribution in [1.82, 2.24) is 10.3 Å². The number of para-hydroxylation sites is 1. The van der Waals surface area contributed by atoms with Crippen LogP contribution in [0.4, 0.5) is 0 Å². The lowest BCUT2D eigenvalue weighted by Gasteiger charge is -2.12. The van der Waals surface area contributed by atoms with E-state index in [1.165, 1.54) is 0 Å². The molecule has 2 rings (SSSR count). The van der Waals surface area contributed by atoms with Crippen LogP contribution in [0.15, 0.2) is 36.4 Å². The average Bonchev–Trinajstić information content (AvgIpc) is 2.44. The van der Waals surface area contributed by atoms with Gasteiger partial charge in [0.05, 0.1) is 17.6 Å². The Morgan fingerprint density at radius 1 is 1.25 bits per heavy atom. The first-order chi connectivity index (χ1) is 9.60. The molecule has 104 valence electrons. The van der Waals surface area contributed by atoms with E-state index in [9.17, 15) is 9.59 Å². The summed E-state index contributed by atoms with van der Waals surface area (Å²) in [7, 11) is 0. The molecule has 5 nitrogen and oxygen atoms in total. The van der Waals surface area contributed by atoms with Crippen molar-refractivity contribution in [3.63, 3.8) is 0 Å². The maximum atomic E-state index is 11.8. The lowest BCUT2D eigenvalue weighted by atomic mass is 10.1. The van der Waals surface area contributed by atoms with Crippen LogP contribution < -0.4 is 5.32 Å². The molecule has 1 heterocycles. The van der Waals surface area contributed by atoms with Crippen molar-refractivity contribution in [3.05, 3.63) is 42.1 Å². The van der Waals surface area contributed by atoms with Crippen LogP contribution in [0, 0.1) is 0 Å². The number of fused-ring (bicyclic) bond motifs is 1. The minimum absolute atomic E-state index is 0.0780. The second kappa shape index (κ2) is 6.14. The summed E-state index contributed by atoms with van der Waals surface area (Å²) in [5.41, 5.74) is 1.45. The number of rotatable bonds is 5. The number of benzene rings is 1. The van der Waals surface area contributed by atoms with Gasteiger partial charge in [0.25, 0.3) is 0 Å². The maximum absolute atomic E-state index is 11.8. The molecular formula is C15H16N2O3. The van der Waals surface area contributed by atoms with Gasteiger partial charge in [-0.05, 0) is 18.6 Å². The largest absolute Gasteiger partial charge is 0.480 e. The SMILES string of the molecule is CCC(NC(=O)Cc1ccc2ccccc2n1)C(=O)O. The van der Waals surface area contributed by atoms with Crippen molar-refractivity contribution >= 4 is 22.8 Å². The molecule has 0 saturated heterocycles. The Labute approximate surface area is 116 Å². The minimum atomic E-state index is -1.02. The Balaban J connectivity index is 2.07. The Bertz CT molecular complexity index is 640. The van der Waals surface area contributed by atoms with E-state index < -0.39 is 12.0 Å².